The maximum Gasteiger partial charge on any atom is 0.329 e. The van der Waals surface area contributed by atoms with E-state index in [1.807, 2.05) is 6.92 Å². The first-order valence-corrected chi connectivity index (χ1v) is 13.2. The molecule has 4 atom stereocenters. The number of carbonyl (C=O) groups excluding carboxylic acids is 3. The van der Waals surface area contributed by atoms with Gasteiger partial charge in [0.2, 0.25) is 11.8 Å². The topological polar surface area (TPSA) is 116 Å². The van der Waals surface area contributed by atoms with Crippen molar-refractivity contribution in [1.82, 2.24) is 10.2 Å². The third-order valence-electron chi connectivity index (χ3n) is 8.78. The number of hydrogen-bond donors (Lipinski definition) is 3. The van der Waals surface area contributed by atoms with Gasteiger partial charge in [0.1, 0.15) is 12.1 Å². The van der Waals surface area contributed by atoms with Gasteiger partial charge in [0.05, 0.1) is 6.10 Å². The summed E-state index contributed by atoms with van der Waals surface area (Å²) in [6, 6.07) is 2.73. The van der Waals surface area contributed by atoms with E-state index in [2.05, 4.69) is 33.0 Å². The first kappa shape index (κ1) is 28.5. The van der Waals surface area contributed by atoms with Crippen molar-refractivity contribution < 1.29 is 29.3 Å². The molecule has 37 heavy (non-hydrogen) atoms. The summed E-state index contributed by atoms with van der Waals surface area (Å²) in [5.41, 5.74) is 0.927. The van der Waals surface area contributed by atoms with E-state index in [1.54, 1.807) is 13.0 Å². The van der Waals surface area contributed by atoms with E-state index in [-0.39, 0.29) is 40.3 Å². The molecule has 2 fully saturated rings. The van der Waals surface area contributed by atoms with Crippen molar-refractivity contribution in [2.45, 2.75) is 91.8 Å². The van der Waals surface area contributed by atoms with Crippen LogP contribution in [0.1, 0.15) is 79.2 Å². The van der Waals surface area contributed by atoms with E-state index < -0.39 is 18.0 Å². The molecule has 1 aliphatic carbocycles. The van der Waals surface area contributed by atoms with E-state index >= 15 is 0 Å². The Bertz CT molecular complexity index is 1050. The Morgan fingerprint density at radius 1 is 1.14 bits per heavy atom. The molecule has 2 unspecified atom stereocenters. The number of nitrogens with one attached hydrogen (secondary N) is 1. The average molecular weight is 515 g/mol. The second-order valence-corrected chi connectivity index (χ2v) is 11.8. The first-order valence-electron chi connectivity index (χ1n) is 13.2. The van der Waals surface area contributed by atoms with Gasteiger partial charge in [-0.1, -0.05) is 33.8 Å². The Kier molecular flexibility index (Phi) is 8.60. The van der Waals surface area contributed by atoms with Crippen molar-refractivity contribution in [2.24, 2.45) is 16.7 Å². The highest BCUT2D eigenvalue weighted by atomic mass is 16.5. The Morgan fingerprint density at radius 2 is 1.84 bits per heavy atom. The van der Waals surface area contributed by atoms with Crippen LogP contribution in [0.4, 0.5) is 0 Å². The van der Waals surface area contributed by atoms with Crippen molar-refractivity contribution in [1.29, 1.82) is 0 Å². The normalized spacial score (nSPS) is 24.1. The fraction of sp³-hybridized carbons (Fsp3) is 0.621. The number of phenols is 2. The Morgan fingerprint density at radius 3 is 2.46 bits per heavy atom. The summed E-state index contributed by atoms with van der Waals surface area (Å²) in [5, 5.41) is 21.6. The Balaban J connectivity index is 1.53. The summed E-state index contributed by atoms with van der Waals surface area (Å²) in [6.45, 7) is 13.2. The monoisotopic (exact) mass is 514 g/mol. The molecule has 204 valence electrons. The van der Waals surface area contributed by atoms with Crippen LogP contribution < -0.4 is 5.32 Å². The molecule has 0 aromatic heterocycles. The molecule has 2 aliphatic rings. The van der Waals surface area contributed by atoms with Crippen LogP contribution in [0, 0.1) is 16.7 Å². The van der Waals surface area contributed by atoms with Crippen molar-refractivity contribution >= 4 is 23.9 Å². The predicted molar refractivity (Wildman–Crippen MR) is 142 cm³/mol. The highest BCUT2D eigenvalue weighted by Crippen LogP contribution is 2.57. The van der Waals surface area contributed by atoms with E-state index in [9.17, 15) is 24.6 Å². The van der Waals surface area contributed by atoms with Crippen LogP contribution in [0.25, 0.3) is 6.08 Å². The Hall–Kier alpha value is -3.03. The molecular formula is C29H42N2O6. The third-order valence-corrected chi connectivity index (χ3v) is 8.78. The van der Waals surface area contributed by atoms with Crippen molar-refractivity contribution in [3.8, 4) is 11.5 Å². The predicted octanol–water partition coefficient (Wildman–Crippen LogP) is 4.39. The number of carbonyl (C=O) groups is 3. The zero-order valence-corrected chi connectivity index (χ0v) is 22.9. The molecule has 1 aromatic rings. The minimum Gasteiger partial charge on any atom is -0.504 e. The molecule has 3 rings (SSSR count). The molecule has 0 radical (unpaired) electrons. The molecule has 0 bridgehead atoms. The minimum absolute atomic E-state index is 0.160. The molecule has 1 heterocycles. The van der Waals surface area contributed by atoms with Gasteiger partial charge in [-0.2, -0.15) is 0 Å². The second kappa shape index (κ2) is 11.2. The molecule has 3 N–H and O–H groups in total. The standard InChI is InChI=1S/C29H42N2O6/c1-18(16-21-13-14-28(3,4)29(21,5)6)37-27(36)22-8-7-15-31(22)26(35)19(2)30-25(34)12-10-20-9-11-23(32)24(33)17-20/h9-12,17-19,21-22,32-33H,7-8,13-16H2,1-6H3,(H,30,34)/b12-10+/t18?,19-,21?,22-/m0/s1. The lowest BCUT2D eigenvalue weighted by Crippen LogP contribution is -2.50. The van der Waals surface area contributed by atoms with Crippen LogP contribution in [0.15, 0.2) is 24.3 Å². The summed E-state index contributed by atoms with van der Waals surface area (Å²) in [7, 11) is 0. The number of nitrogens with zero attached hydrogens (tertiary/aromatic N) is 1. The molecular weight excluding hydrogens is 472 g/mol. The van der Waals surface area contributed by atoms with Gasteiger partial charge in [-0.3, -0.25) is 9.59 Å². The highest BCUT2D eigenvalue weighted by molar-refractivity contribution is 5.96. The molecule has 1 aromatic carbocycles. The van der Waals surface area contributed by atoms with Gasteiger partial charge in [-0.25, -0.2) is 4.79 Å². The van der Waals surface area contributed by atoms with Crippen molar-refractivity contribution in [3.05, 3.63) is 29.8 Å². The van der Waals surface area contributed by atoms with Gasteiger partial charge >= 0.3 is 5.97 Å². The van der Waals surface area contributed by atoms with Crippen molar-refractivity contribution in [2.75, 3.05) is 6.54 Å². The van der Waals surface area contributed by atoms with Crippen LogP contribution in [-0.2, 0) is 19.1 Å². The van der Waals surface area contributed by atoms with E-state index in [1.165, 1.54) is 29.2 Å². The molecule has 1 saturated carbocycles. The number of aromatic hydroxyl groups is 2. The number of esters is 1. The SMILES string of the molecule is CC(CC1CCC(C)(C)C1(C)C)OC(=O)[C@@H]1CCCN1C(=O)[C@H](C)NC(=O)/C=C/c1ccc(O)c(O)c1. The van der Waals surface area contributed by atoms with Crippen LogP contribution in [0.2, 0.25) is 0 Å². The van der Waals surface area contributed by atoms with Crippen LogP contribution in [0.5, 0.6) is 11.5 Å². The molecule has 8 heteroatoms. The lowest BCUT2D eigenvalue weighted by Gasteiger charge is -2.40. The summed E-state index contributed by atoms with van der Waals surface area (Å²) in [5.74, 6) is -1.25. The van der Waals surface area contributed by atoms with E-state index in [4.69, 9.17) is 4.74 Å². The maximum absolute atomic E-state index is 13.1. The van der Waals surface area contributed by atoms with Crippen LogP contribution >= 0.6 is 0 Å². The smallest absolute Gasteiger partial charge is 0.329 e. The Labute approximate surface area is 220 Å². The lowest BCUT2D eigenvalue weighted by molar-refractivity contribution is -0.158. The fourth-order valence-corrected chi connectivity index (χ4v) is 5.57. The zero-order chi connectivity index (χ0) is 27.5. The van der Waals surface area contributed by atoms with Gasteiger partial charge < -0.3 is 25.2 Å². The van der Waals surface area contributed by atoms with E-state index in [0.29, 0.717) is 30.9 Å². The van der Waals surface area contributed by atoms with Crippen LogP contribution in [-0.4, -0.2) is 57.6 Å². The highest BCUT2D eigenvalue weighted by Gasteiger charge is 2.48. The zero-order valence-electron chi connectivity index (χ0n) is 22.9. The van der Waals surface area contributed by atoms with Gasteiger partial charge in [-0.05, 0) is 86.5 Å². The van der Waals surface area contributed by atoms with E-state index in [0.717, 1.165) is 19.3 Å². The number of hydrogen-bond acceptors (Lipinski definition) is 6. The summed E-state index contributed by atoms with van der Waals surface area (Å²) >= 11 is 0. The summed E-state index contributed by atoms with van der Waals surface area (Å²) < 4.78 is 5.83. The fourth-order valence-electron chi connectivity index (χ4n) is 5.57. The average Bonchev–Trinajstić information content (AvgIpc) is 3.38. The number of rotatable bonds is 8. The largest absolute Gasteiger partial charge is 0.504 e. The third kappa shape index (κ3) is 6.46. The maximum atomic E-state index is 13.1. The quantitative estimate of drug-likeness (QED) is 0.269. The number of amides is 2. The summed E-state index contributed by atoms with van der Waals surface area (Å²) in [4.78, 5) is 40.0. The lowest BCUT2D eigenvalue weighted by atomic mass is 9.66. The molecule has 2 amide bonds. The number of ether oxygens (including phenoxy) is 1. The summed E-state index contributed by atoms with van der Waals surface area (Å²) in [6.07, 6.45) is 6.82. The van der Waals surface area contributed by atoms with Gasteiger partial charge in [0.25, 0.3) is 0 Å². The molecule has 8 nitrogen and oxygen atoms in total. The minimum atomic E-state index is -0.822. The van der Waals surface area contributed by atoms with Gasteiger partial charge in [0.15, 0.2) is 11.5 Å². The molecule has 0 spiro atoms. The second-order valence-electron chi connectivity index (χ2n) is 11.8. The van der Waals surface area contributed by atoms with Gasteiger partial charge in [-0.15, -0.1) is 0 Å². The number of benzene rings is 1. The van der Waals surface area contributed by atoms with Crippen LogP contribution in [0.3, 0.4) is 0 Å². The number of likely N-dealkylation sites (tertiary alicyclic amines) is 1. The van der Waals surface area contributed by atoms with Gasteiger partial charge in [0, 0.05) is 12.6 Å². The molecule has 1 aliphatic heterocycles. The first-order chi connectivity index (χ1) is 17.2. The molecule has 1 saturated heterocycles. The number of phenolic OH excluding ortho intramolecular Hbond substituents is 2. The van der Waals surface area contributed by atoms with Crippen molar-refractivity contribution in [3.63, 3.8) is 0 Å².